The second-order valence-corrected chi connectivity index (χ2v) is 5.64. The molecule has 0 bridgehead atoms. The summed E-state index contributed by atoms with van der Waals surface area (Å²) in [5.74, 6) is 0. The van der Waals surface area contributed by atoms with Crippen molar-refractivity contribution in [1.29, 1.82) is 0 Å². The van der Waals surface area contributed by atoms with Crippen molar-refractivity contribution in [1.82, 2.24) is 5.32 Å². The molecule has 22 heavy (non-hydrogen) atoms. The molecule has 0 aliphatic rings. The van der Waals surface area contributed by atoms with Gasteiger partial charge in [-0.25, -0.2) is 4.79 Å². The third-order valence-corrected chi connectivity index (χ3v) is 2.63. The Morgan fingerprint density at radius 1 is 1.41 bits per heavy atom. The number of azide groups is 1. The van der Waals surface area contributed by atoms with Gasteiger partial charge in [0.15, 0.2) is 0 Å². The smallest absolute Gasteiger partial charge is 0.407 e. The Hall–Kier alpha value is -2.28. The van der Waals surface area contributed by atoms with Gasteiger partial charge in [0, 0.05) is 17.1 Å². The van der Waals surface area contributed by atoms with Crippen molar-refractivity contribution in [3.8, 4) is 0 Å². The highest BCUT2D eigenvalue weighted by Gasteiger charge is 2.22. The van der Waals surface area contributed by atoms with Crippen LogP contribution in [0.25, 0.3) is 10.4 Å². The van der Waals surface area contributed by atoms with Crippen LogP contribution in [-0.4, -0.2) is 34.6 Å². The summed E-state index contributed by atoms with van der Waals surface area (Å²) < 4.78 is 5.03. The van der Waals surface area contributed by atoms with Crippen molar-refractivity contribution >= 4 is 11.8 Å². The Kier molecular flexibility index (Phi) is 6.18. The molecule has 0 spiro atoms. The molecule has 0 heterocycles. The van der Waals surface area contributed by atoms with Crippen molar-refractivity contribution in [3.05, 3.63) is 40.3 Å². The number of nitrogens with zero attached hydrogens (tertiary/aromatic N) is 3. The first-order chi connectivity index (χ1) is 10.2. The van der Waals surface area contributed by atoms with Crippen LogP contribution in [0.2, 0.25) is 0 Å². The van der Waals surface area contributed by atoms with Gasteiger partial charge in [0.2, 0.25) is 0 Å². The van der Waals surface area contributed by atoms with Gasteiger partial charge in [-0.15, -0.1) is 0 Å². The standard InChI is InChI=1S/C14H20N4O4/c1-14(2,3)22-13(21)16-8-11(19)12(20)9-6-4-5-7-10(9)17-18-15/h4-7,11-12,19-20H,8H2,1-3H3,(H,16,21). The molecule has 8 heteroatoms. The molecule has 0 fully saturated rings. The fraction of sp³-hybridized carbons (Fsp3) is 0.500. The first kappa shape index (κ1) is 17.8. The SMILES string of the molecule is CC(C)(C)OC(=O)NCC(O)C(O)c1ccccc1N=[N+]=[N-]. The van der Waals surface area contributed by atoms with Gasteiger partial charge in [-0.3, -0.25) is 0 Å². The minimum Gasteiger partial charge on any atom is -0.444 e. The first-order valence-corrected chi connectivity index (χ1v) is 6.71. The highest BCUT2D eigenvalue weighted by atomic mass is 16.6. The highest BCUT2D eigenvalue weighted by molar-refractivity contribution is 5.67. The number of rotatable bonds is 5. The predicted octanol–water partition coefficient (Wildman–Crippen LogP) is 2.55. The summed E-state index contributed by atoms with van der Waals surface area (Å²) in [7, 11) is 0. The molecule has 0 aliphatic heterocycles. The summed E-state index contributed by atoms with van der Waals surface area (Å²) in [5, 5.41) is 25.9. The van der Waals surface area contributed by atoms with E-state index in [0.29, 0.717) is 0 Å². The van der Waals surface area contributed by atoms with Crippen molar-refractivity contribution < 1.29 is 19.7 Å². The summed E-state index contributed by atoms with van der Waals surface area (Å²) in [5.41, 5.74) is 8.33. The molecule has 1 aromatic rings. The Labute approximate surface area is 128 Å². The molecule has 0 aromatic heterocycles. The molecule has 0 saturated heterocycles. The van der Waals surface area contributed by atoms with Crippen LogP contribution >= 0.6 is 0 Å². The van der Waals surface area contributed by atoms with E-state index < -0.39 is 23.9 Å². The summed E-state index contributed by atoms with van der Waals surface area (Å²) in [6, 6.07) is 6.34. The van der Waals surface area contributed by atoms with Crippen molar-refractivity contribution in [3.63, 3.8) is 0 Å². The fourth-order valence-electron chi connectivity index (χ4n) is 1.70. The van der Waals surface area contributed by atoms with Crippen LogP contribution in [0.15, 0.2) is 29.4 Å². The third kappa shape index (κ3) is 5.61. The quantitative estimate of drug-likeness (QED) is 0.438. The number of nitrogens with one attached hydrogen (secondary N) is 1. The molecule has 0 aliphatic carbocycles. The molecule has 2 atom stereocenters. The number of carbonyl (C=O) groups excluding carboxylic acids is 1. The van der Waals surface area contributed by atoms with Gasteiger partial charge in [0.1, 0.15) is 17.8 Å². The molecule has 3 N–H and O–H groups in total. The average Bonchev–Trinajstić information content (AvgIpc) is 2.43. The number of amides is 1. The zero-order valence-electron chi connectivity index (χ0n) is 12.7. The van der Waals surface area contributed by atoms with Gasteiger partial charge in [-0.2, -0.15) is 0 Å². The lowest BCUT2D eigenvalue weighted by Gasteiger charge is -2.22. The first-order valence-electron chi connectivity index (χ1n) is 6.71. The molecule has 0 saturated carbocycles. The molecular formula is C14H20N4O4. The molecule has 1 aromatic carbocycles. The number of benzene rings is 1. The topological polar surface area (TPSA) is 128 Å². The number of hydrogen-bond donors (Lipinski definition) is 3. The van der Waals surface area contributed by atoms with Gasteiger partial charge < -0.3 is 20.3 Å². The Morgan fingerprint density at radius 2 is 2.05 bits per heavy atom. The number of ether oxygens (including phenoxy) is 1. The number of aliphatic hydroxyl groups excluding tert-OH is 2. The molecule has 2 unspecified atom stereocenters. The maximum atomic E-state index is 11.5. The Bertz CT molecular complexity index is 564. The van der Waals surface area contributed by atoms with Crippen LogP contribution in [-0.2, 0) is 4.74 Å². The van der Waals surface area contributed by atoms with E-state index in [0.717, 1.165) is 0 Å². The third-order valence-electron chi connectivity index (χ3n) is 2.63. The van der Waals surface area contributed by atoms with E-state index in [1.54, 1.807) is 32.9 Å². The largest absolute Gasteiger partial charge is 0.444 e. The van der Waals surface area contributed by atoms with Crippen LogP contribution < -0.4 is 5.32 Å². The molecule has 120 valence electrons. The maximum absolute atomic E-state index is 11.5. The maximum Gasteiger partial charge on any atom is 0.407 e. The van der Waals surface area contributed by atoms with Crippen molar-refractivity contribution in [2.24, 2.45) is 5.11 Å². The van der Waals surface area contributed by atoms with E-state index in [1.807, 2.05) is 0 Å². The van der Waals surface area contributed by atoms with E-state index in [9.17, 15) is 15.0 Å². The minimum atomic E-state index is -1.31. The number of carbonyl (C=O) groups is 1. The summed E-state index contributed by atoms with van der Waals surface area (Å²) in [6.45, 7) is 4.94. The van der Waals surface area contributed by atoms with E-state index in [2.05, 4.69) is 15.3 Å². The van der Waals surface area contributed by atoms with Crippen LogP contribution in [0.5, 0.6) is 0 Å². The number of aliphatic hydroxyl groups is 2. The normalized spacial score (nSPS) is 13.7. The number of hydrogen-bond acceptors (Lipinski definition) is 5. The molecule has 0 radical (unpaired) electrons. The Balaban J connectivity index is 2.68. The zero-order valence-corrected chi connectivity index (χ0v) is 12.7. The van der Waals surface area contributed by atoms with Gasteiger partial charge in [0.05, 0.1) is 0 Å². The summed E-state index contributed by atoms with van der Waals surface area (Å²) >= 11 is 0. The van der Waals surface area contributed by atoms with Crippen LogP contribution in [0.1, 0.15) is 32.4 Å². The summed E-state index contributed by atoms with van der Waals surface area (Å²) in [4.78, 5) is 14.2. The molecule has 8 nitrogen and oxygen atoms in total. The lowest BCUT2D eigenvalue weighted by molar-refractivity contribution is 0.0132. The lowest BCUT2D eigenvalue weighted by Crippen LogP contribution is -2.38. The zero-order chi connectivity index (χ0) is 16.8. The Morgan fingerprint density at radius 3 is 2.64 bits per heavy atom. The van der Waals surface area contributed by atoms with Gasteiger partial charge in [-0.1, -0.05) is 29.4 Å². The second-order valence-electron chi connectivity index (χ2n) is 5.64. The predicted molar refractivity (Wildman–Crippen MR) is 80.5 cm³/mol. The van der Waals surface area contributed by atoms with E-state index >= 15 is 0 Å². The van der Waals surface area contributed by atoms with Gasteiger partial charge in [-0.05, 0) is 31.9 Å². The molecule has 1 amide bonds. The van der Waals surface area contributed by atoms with E-state index in [4.69, 9.17) is 10.3 Å². The minimum absolute atomic E-state index is 0.208. The van der Waals surface area contributed by atoms with Crippen molar-refractivity contribution in [2.75, 3.05) is 6.54 Å². The second kappa shape index (κ2) is 7.65. The molecule has 1 rings (SSSR count). The van der Waals surface area contributed by atoms with Crippen LogP contribution in [0, 0.1) is 0 Å². The highest BCUT2D eigenvalue weighted by Crippen LogP contribution is 2.27. The lowest BCUT2D eigenvalue weighted by atomic mass is 10.0. The van der Waals surface area contributed by atoms with Crippen LogP contribution in [0.3, 0.4) is 0 Å². The average molecular weight is 308 g/mol. The van der Waals surface area contributed by atoms with Crippen molar-refractivity contribution in [2.45, 2.75) is 38.6 Å². The monoisotopic (exact) mass is 308 g/mol. The van der Waals surface area contributed by atoms with E-state index in [-0.39, 0.29) is 17.8 Å². The van der Waals surface area contributed by atoms with E-state index in [1.165, 1.54) is 12.1 Å². The van der Waals surface area contributed by atoms with Gasteiger partial charge in [0.25, 0.3) is 0 Å². The fourth-order valence-corrected chi connectivity index (χ4v) is 1.70. The summed E-state index contributed by atoms with van der Waals surface area (Å²) in [6.07, 6.45) is -3.28. The van der Waals surface area contributed by atoms with Crippen LogP contribution in [0.4, 0.5) is 10.5 Å². The molecular weight excluding hydrogens is 288 g/mol. The van der Waals surface area contributed by atoms with Gasteiger partial charge >= 0.3 is 6.09 Å². The number of alkyl carbamates (subject to hydrolysis) is 1.